The number of piperidine rings is 1. The Balaban J connectivity index is 1.75. The fraction of sp³-hybridized carbons (Fsp3) is 0.900. The van der Waals surface area contributed by atoms with Gasteiger partial charge in [0.2, 0.25) is 5.91 Å². The van der Waals surface area contributed by atoms with Crippen LogP contribution >= 0.6 is 0 Å². The van der Waals surface area contributed by atoms with Crippen molar-refractivity contribution >= 4 is 5.91 Å². The van der Waals surface area contributed by atoms with Crippen molar-refractivity contribution in [3.63, 3.8) is 0 Å². The van der Waals surface area contributed by atoms with Gasteiger partial charge in [-0.05, 0) is 12.8 Å². The van der Waals surface area contributed by atoms with E-state index in [1.165, 1.54) is 0 Å². The van der Waals surface area contributed by atoms with Gasteiger partial charge in [-0.15, -0.1) is 0 Å². The second kappa shape index (κ2) is 4.75. The first kappa shape index (κ1) is 9.93. The Hall–Kier alpha value is -0.610. The molecule has 1 atom stereocenters. The molecule has 2 aliphatic rings. The van der Waals surface area contributed by atoms with Gasteiger partial charge < -0.3 is 10.6 Å². The Labute approximate surface area is 85.0 Å². The monoisotopic (exact) mass is 197 g/mol. The van der Waals surface area contributed by atoms with Gasteiger partial charge in [-0.3, -0.25) is 9.69 Å². The summed E-state index contributed by atoms with van der Waals surface area (Å²) < 4.78 is 0. The average Bonchev–Trinajstić information content (AvgIpc) is 2.19. The van der Waals surface area contributed by atoms with E-state index in [0.717, 1.165) is 52.0 Å². The Morgan fingerprint density at radius 3 is 2.86 bits per heavy atom. The molecule has 2 aliphatic heterocycles. The minimum Gasteiger partial charge on any atom is -0.352 e. The lowest BCUT2D eigenvalue weighted by Crippen LogP contribution is -2.51. The number of amides is 1. The minimum absolute atomic E-state index is 0.233. The molecule has 0 aromatic carbocycles. The van der Waals surface area contributed by atoms with E-state index in [0.29, 0.717) is 6.04 Å². The molecule has 0 aromatic rings. The van der Waals surface area contributed by atoms with Crippen LogP contribution in [-0.4, -0.2) is 49.6 Å². The van der Waals surface area contributed by atoms with Gasteiger partial charge in [0.15, 0.2) is 0 Å². The van der Waals surface area contributed by atoms with E-state index in [1.54, 1.807) is 0 Å². The zero-order chi connectivity index (χ0) is 9.80. The van der Waals surface area contributed by atoms with Crippen molar-refractivity contribution in [1.82, 2.24) is 15.5 Å². The summed E-state index contributed by atoms with van der Waals surface area (Å²) >= 11 is 0. The lowest BCUT2D eigenvalue weighted by Gasteiger charge is -2.32. The quantitative estimate of drug-likeness (QED) is 0.631. The van der Waals surface area contributed by atoms with E-state index >= 15 is 0 Å². The van der Waals surface area contributed by atoms with Gasteiger partial charge >= 0.3 is 0 Å². The van der Waals surface area contributed by atoms with Gasteiger partial charge in [0.25, 0.3) is 0 Å². The summed E-state index contributed by atoms with van der Waals surface area (Å²) in [7, 11) is 0. The molecule has 2 N–H and O–H groups in total. The number of carbonyl (C=O) groups is 1. The number of nitrogens with one attached hydrogen (secondary N) is 2. The zero-order valence-electron chi connectivity index (χ0n) is 8.59. The minimum atomic E-state index is 0.233. The topological polar surface area (TPSA) is 44.4 Å². The second-order valence-corrected chi connectivity index (χ2v) is 4.21. The van der Waals surface area contributed by atoms with E-state index in [4.69, 9.17) is 0 Å². The largest absolute Gasteiger partial charge is 0.352 e. The number of carbonyl (C=O) groups excluding carboxylic acids is 1. The highest BCUT2D eigenvalue weighted by atomic mass is 16.1. The van der Waals surface area contributed by atoms with Crippen LogP contribution in [0.3, 0.4) is 0 Å². The number of hydrogen-bond acceptors (Lipinski definition) is 3. The van der Waals surface area contributed by atoms with Crippen LogP contribution in [0.5, 0.6) is 0 Å². The molecule has 2 saturated heterocycles. The first-order valence-corrected chi connectivity index (χ1v) is 5.57. The van der Waals surface area contributed by atoms with Crippen LogP contribution in [0.4, 0.5) is 0 Å². The highest BCUT2D eigenvalue weighted by Gasteiger charge is 2.21. The van der Waals surface area contributed by atoms with Gasteiger partial charge in [-0.25, -0.2) is 0 Å². The van der Waals surface area contributed by atoms with Gasteiger partial charge in [-0.2, -0.15) is 0 Å². The SMILES string of the molecule is O=C1CCCC(CN2CCNCC2)N1. The number of rotatable bonds is 2. The Morgan fingerprint density at radius 2 is 2.14 bits per heavy atom. The lowest BCUT2D eigenvalue weighted by atomic mass is 10.0. The molecule has 0 saturated carbocycles. The second-order valence-electron chi connectivity index (χ2n) is 4.21. The average molecular weight is 197 g/mol. The molecule has 1 unspecified atom stereocenters. The summed E-state index contributed by atoms with van der Waals surface area (Å²) in [5.41, 5.74) is 0. The molecular formula is C10H19N3O. The molecule has 0 spiro atoms. The van der Waals surface area contributed by atoms with Crippen LogP contribution in [0.2, 0.25) is 0 Å². The van der Waals surface area contributed by atoms with Crippen molar-refractivity contribution in [3.8, 4) is 0 Å². The van der Waals surface area contributed by atoms with Crippen LogP contribution in [0.25, 0.3) is 0 Å². The van der Waals surface area contributed by atoms with Gasteiger partial charge in [0.1, 0.15) is 0 Å². The van der Waals surface area contributed by atoms with Crippen LogP contribution in [0, 0.1) is 0 Å². The van der Waals surface area contributed by atoms with Crippen molar-refractivity contribution in [2.75, 3.05) is 32.7 Å². The number of nitrogens with zero attached hydrogens (tertiary/aromatic N) is 1. The fourth-order valence-corrected chi connectivity index (χ4v) is 2.22. The molecule has 0 aliphatic carbocycles. The third kappa shape index (κ3) is 2.69. The highest BCUT2D eigenvalue weighted by molar-refractivity contribution is 5.76. The van der Waals surface area contributed by atoms with E-state index < -0.39 is 0 Å². The summed E-state index contributed by atoms with van der Waals surface area (Å²) in [5.74, 6) is 0.233. The van der Waals surface area contributed by atoms with Gasteiger partial charge in [0.05, 0.1) is 0 Å². The molecular weight excluding hydrogens is 178 g/mol. The maximum Gasteiger partial charge on any atom is 0.220 e. The molecule has 2 fully saturated rings. The Kier molecular flexibility index (Phi) is 3.37. The summed E-state index contributed by atoms with van der Waals surface area (Å²) in [4.78, 5) is 13.6. The third-order valence-electron chi connectivity index (χ3n) is 3.01. The zero-order valence-corrected chi connectivity index (χ0v) is 8.59. The van der Waals surface area contributed by atoms with Crippen molar-refractivity contribution in [3.05, 3.63) is 0 Å². The number of hydrogen-bond donors (Lipinski definition) is 2. The van der Waals surface area contributed by atoms with Crippen LogP contribution < -0.4 is 10.6 Å². The smallest absolute Gasteiger partial charge is 0.220 e. The van der Waals surface area contributed by atoms with E-state index in [-0.39, 0.29) is 5.91 Å². The van der Waals surface area contributed by atoms with E-state index in [2.05, 4.69) is 15.5 Å². The van der Waals surface area contributed by atoms with Crippen LogP contribution in [0.1, 0.15) is 19.3 Å². The predicted octanol–water partition coefficient (Wildman–Crippen LogP) is -0.440. The molecule has 14 heavy (non-hydrogen) atoms. The van der Waals surface area contributed by atoms with Gasteiger partial charge in [-0.1, -0.05) is 0 Å². The first-order chi connectivity index (χ1) is 6.84. The predicted molar refractivity (Wildman–Crippen MR) is 55.1 cm³/mol. The van der Waals surface area contributed by atoms with Crippen molar-refractivity contribution in [2.24, 2.45) is 0 Å². The fourth-order valence-electron chi connectivity index (χ4n) is 2.22. The molecule has 2 heterocycles. The normalized spacial score (nSPS) is 30.0. The molecule has 80 valence electrons. The Bertz CT molecular complexity index is 202. The van der Waals surface area contributed by atoms with Crippen LogP contribution in [0.15, 0.2) is 0 Å². The number of piperazine rings is 1. The first-order valence-electron chi connectivity index (χ1n) is 5.57. The molecule has 0 aromatic heterocycles. The van der Waals surface area contributed by atoms with Crippen LogP contribution in [-0.2, 0) is 4.79 Å². The summed E-state index contributed by atoms with van der Waals surface area (Å²) in [5, 5.41) is 6.39. The van der Waals surface area contributed by atoms with Gasteiger partial charge in [0, 0.05) is 45.2 Å². The summed E-state index contributed by atoms with van der Waals surface area (Å²) in [6, 6.07) is 0.398. The van der Waals surface area contributed by atoms with Crippen molar-refractivity contribution < 1.29 is 4.79 Å². The standard InChI is InChI=1S/C10H19N3O/c14-10-3-1-2-9(12-10)8-13-6-4-11-5-7-13/h9,11H,1-8H2,(H,12,14). The molecule has 0 bridgehead atoms. The highest BCUT2D eigenvalue weighted by Crippen LogP contribution is 2.09. The molecule has 0 radical (unpaired) electrons. The van der Waals surface area contributed by atoms with Crippen molar-refractivity contribution in [2.45, 2.75) is 25.3 Å². The third-order valence-corrected chi connectivity index (χ3v) is 3.01. The summed E-state index contributed by atoms with van der Waals surface area (Å²) in [6.45, 7) is 5.44. The molecule has 4 heteroatoms. The Morgan fingerprint density at radius 1 is 1.36 bits per heavy atom. The maximum atomic E-state index is 11.2. The molecule has 1 amide bonds. The summed E-state index contributed by atoms with van der Waals surface area (Å²) in [6.07, 6.45) is 2.93. The van der Waals surface area contributed by atoms with Crippen molar-refractivity contribution in [1.29, 1.82) is 0 Å². The van der Waals surface area contributed by atoms with E-state index in [9.17, 15) is 4.79 Å². The maximum absolute atomic E-state index is 11.2. The lowest BCUT2D eigenvalue weighted by molar-refractivity contribution is -0.123. The molecule has 4 nitrogen and oxygen atoms in total. The molecule has 2 rings (SSSR count). The van der Waals surface area contributed by atoms with E-state index in [1.807, 2.05) is 0 Å².